The van der Waals surface area contributed by atoms with E-state index in [1.165, 1.54) is 0 Å². The summed E-state index contributed by atoms with van der Waals surface area (Å²) in [6.07, 6.45) is 1.87. The highest BCUT2D eigenvalue weighted by Gasteiger charge is 2.22. The molecule has 2 aromatic carbocycles. The van der Waals surface area contributed by atoms with E-state index in [9.17, 15) is 4.79 Å². The van der Waals surface area contributed by atoms with Crippen LogP contribution in [0.3, 0.4) is 0 Å². The number of hydrogen-bond donors (Lipinski definition) is 1. The monoisotopic (exact) mass is 341 g/mol. The predicted molar refractivity (Wildman–Crippen MR) is 93.1 cm³/mol. The van der Waals surface area contributed by atoms with E-state index in [0.717, 1.165) is 52.8 Å². The quantitative estimate of drug-likeness (QED) is 0.858. The van der Waals surface area contributed by atoms with E-state index in [1.807, 2.05) is 42.5 Å². The first kappa shape index (κ1) is 15.5. The molecule has 2 aliphatic heterocycles. The minimum absolute atomic E-state index is 0.165. The first-order chi connectivity index (χ1) is 11.8. The molecule has 0 aliphatic carbocycles. The van der Waals surface area contributed by atoms with Crippen molar-refractivity contribution in [2.45, 2.75) is 22.6 Å². The third-order valence-corrected chi connectivity index (χ3v) is 5.43. The average Bonchev–Trinajstić information content (AvgIpc) is 3.10. The molecule has 0 unspecified atom stereocenters. The van der Waals surface area contributed by atoms with Crippen molar-refractivity contribution >= 4 is 17.5 Å². The van der Waals surface area contributed by atoms with Gasteiger partial charge in [-0.1, -0.05) is 23.9 Å². The van der Waals surface area contributed by atoms with E-state index in [-0.39, 0.29) is 18.5 Å². The molecule has 0 bridgehead atoms. The summed E-state index contributed by atoms with van der Waals surface area (Å²) in [5.74, 6) is 2.02. The first-order valence-corrected chi connectivity index (χ1v) is 9.04. The number of ketones is 1. The zero-order valence-electron chi connectivity index (χ0n) is 13.3. The number of benzene rings is 2. The molecule has 0 spiro atoms. The number of carbonyl (C=O) groups is 1. The number of hydrogen-bond acceptors (Lipinski definition) is 5. The van der Waals surface area contributed by atoms with Gasteiger partial charge >= 0.3 is 0 Å². The van der Waals surface area contributed by atoms with Gasteiger partial charge < -0.3 is 14.8 Å². The molecule has 124 valence electrons. The molecule has 24 heavy (non-hydrogen) atoms. The summed E-state index contributed by atoms with van der Waals surface area (Å²) >= 11 is 1.65. The molecule has 0 atom stereocenters. The molecule has 5 heteroatoms. The van der Waals surface area contributed by atoms with Gasteiger partial charge in [-0.25, -0.2) is 0 Å². The maximum Gasteiger partial charge on any atom is 0.231 e. The van der Waals surface area contributed by atoms with E-state index in [0.29, 0.717) is 0 Å². The van der Waals surface area contributed by atoms with E-state index in [4.69, 9.17) is 9.47 Å². The van der Waals surface area contributed by atoms with Gasteiger partial charge in [-0.2, -0.15) is 0 Å². The molecule has 0 aromatic heterocycles. The second kappa shape index (κ2) is 6.87. The van der Waals surface area contributed by atoms with Gasteiger partial charge in [0.2, 0.25) is 6.79 Å². The zero-order valence-corrected chi connectivity index (χ0v) is 14.1. The Morgan fingerprint density at radius 3 is 2.46 bits per heavy atom. The third-order valence-electron chi connectivity index (χ3n) is 4.43. The Balaban J connectivity index is 1.44. The molecule has 0 amide bonds. The number of fused-ring (bicyclic) bond motifs is 1. The summed E-state index contributed by atoms with van der Waals surface area (Å²) in [5, 5.41) is 3.30. The third kappa shape index (κ3) is 3.28. The Hall–Kier alpha value is -1.98. The van der Waals surface area contributed by atoms with Crippen molar-refractivity contribution in [1.29, 1.82) is 0 Å². The van der Waals surface area contributed by atoms with Crippen LogP contribution in [0.2, 0.25) is 0 Å². The number of piperidine rings is 1. The van der Waals surface area contributed by atoms with E-state index >= 15 is 0 Å². The molecule has 1 N–H and O–H groups in total. The molecule has 2 aromatic rings. The fourth-order valence-electron chi connectivity index (χ4n) is 3.08. The largest absolute Gasteiger partial charge is 0.454 e. The van der Waals surface area contributed by atoms with Crippen molar-refractivity contribution in [3.05, 3.63) is 48.0 Å². The lowest BCUT2D eigenvalue weighted by molar-refractivity contribution is 0.0895. The van der Waals surface area contributed by atoms with Gasteiger partial charge in [0, 0.05) is 21.3 Å². The standard InChI is InChI=1S/C19H19NO3S/c21-19(14-7-9-20-10-8-14)13-1-3-15(4-2-13)24-16-5-6-17-18(11-16)23-12-22-17/h1-6,11,14,20H,7-10,12H2. The van der Waals surface area contributed by atoms with Crippen LogP contribution in [0.25, 0.3) is 0 Å². The van der Waals surface area contributed by atoms with Crippen molar-refractivity contribution in [2.75, 3.05) is 19.9 Å². The van der Waals surface area contributed by atoms with Gasteiger partial charge in [0.25, 0.3) is 0 Å². The number of rotatable bonds is 4. The van der Waals surface area contributed by atoms with Gasteiger partial charge in [-0.3, -0.25) is 4.79 Å². The summed E-state index contributed by atoms with van der Waals surface area (Å²) < 4.78 is 10.7. The summed E-state index contributed by atoms with van der Waals surface area (Å²) in [6.45, 7) is 2.17. The normalized spacial score (nSPS) is 17.0. The van der Waals surface area contributed by atoms with Gasteiger partial charge in [0.05, 0.1) is 0 Å². The maximum absolute atomic E-state index is 12.5. The van der Waals surface area contributed by atoms with Crippen LogP contribution in [0.4, 0.5) is 0 Å². The van der Waals surface area contributed by atoms with Crippen molar-refractivity contribution < 1.29 is 14.3 Å². The average molecular weight is 341 g/mol. The van der Waals surface area contributed by atoms with Crippen molar-refractivity contribution in [2.24, 2.45) is 5.92 Å². The van der Waals surface area contributed by atoms with Gasteiger partial charge in [0.1, 0.15) is 0 Å². The summed E-state index contributed by atoms with van der Waals surface area (Å²) in [5.41, 5.74) is 0.817. The molecule has 0 radical (unpaired) electrons. The lowest BCUT2D eigenvalue weighted by Gasteiger charge is -2.21. The number of carbonyl (C=O) groups excluding carboxylic acids is 1. The zero-order chi connectivity index (χ0) is 16.4. The highest BCUT2D eigenvalue weighted by molar-refractivity contribution is 7.99. The highest BCUT2D eigenvalue weighted by Crippen LogP contribution is 2.38. The van der Waals surface area contributed by atoms with Gasteiger partial charge in [0.15, 0.2) is 17.3 Å². The van der Waals surface area contributed by atoms with Crippen molar-refractivity contribution in [3.63, 3.8) is 0 Å². The van der Waals surface area contributed by atoms with Crippen LogP contribution in [0, 0.1) is 5.92 Å². The van der Waals surface area contributed by atoms with Gasteiger partial charge in [-0.15, -0.1) is 0 Å². The predicted octanol–water partition coefficient (Wildman–Crippen LogP) is 3.75. The highest BCUT2D eigenvalue weighted by atomic mass is 32.2. The molecule has 2 aliphatic rings. The number of ether oxygens (including phenoxy) is 2. The molecule has 4 nitrogen and oxygen atoms in total. The minimum Gasteiger partial charge on any atom is -0.454 e. The second-order valence-corrected chi connectivity index (χ2v) is 7.18. The molecule has 1 saturated heterocycles. The molecule has 2 heterocycles. The van der Waals surface area contributed by atoms with Crippen molar-refractivity contribution in [3.8, 4) is 11.5 Å². The first-order valence-electron chi connectivity index (χ1n) is 8.22. The molecular weight excluding hydrogens is 322 g/mol. The lowest BCUT2D eigenvalue weighted by Crippen LogP contribution is -2.31. The fourth-order valence-corrected chi connectivity index (χ4v) is 3.93. The van der Waals surface area contributed by atoms with Crippen LogP contribution in [-0.4, -0.2) is 25.7 Å². The van der Waals surface area contributed by atoms with E-state index in [2.05, 4.69) is 5.32 Å². The Labute approximate surface area is 145 Å². The number of Topliss-reactive ketones (excluding diaryl/α,β-unsaturated/α-hetero) is 1. The summed E-state index contributed by atoms with van der Waals surface area (Å²) in [4.78, 5) is 14.7. The summed E-state index contributed by atoms with van der Waals surface area (Å²) in [7, 11) is 0. The van der Waals surface area contributed by atoms with Crippen LogP contribution in [-0.2, 0) is 0 Å². The molecule has 0 saturated carbocycles. The summed E-state index contributed by atoms with van der Waals surface area (Å²) in [6, 6.07) is 13.9. The Kier molecular flexibility index (Phi) is 4.45. The van der Waals surface area contributed by atoms with E-state index in [1.54, 1.807) is 11.8 Å². The Morgan fingerprint density at radius 2 is 1.67 bits per heavy atom. The molecular formula is C19H19NO3S. The Bertz CT molecular complexity index is 739. The van der Waals surface area contributed by atoms with E-state index < -0.39 is 0 Å². The van der Waals surface area contributed by atoms with Crippen LogP contribution in [0.15, 0.2) is 52.3 Å². The second-order valence-electron chi connectivity index (χ2n) is 6.03. The smallest absolute Gasteiger partial charge is 0.231 e. The molecule has 4 rings (SSSR count). The minimum atomic E-state index is 0.165. The van der Waals surface area contributed by atoms with Crippen LogP contribution in [0.5, 0.6) is 11.5 Å². The molecule has 1 fully saturated rings. The van der Waals surface area contributed by atoms with Gasteiger partial charge in [-0.05, 0) is 56.3 Å². The fraction of sp³-hybridized carbons (Fsp3) is 0.316. The van der Waals surface area contributed by atoms with Crippen molar-refractivity contribution in [1.82, 2.24) is 5.32 Å². The van der Waals surface area contributed by atoms with Crippen LogP contribution >= 0.6 is 11.8 Å². The maximum atomic E-state index is 12.5. The SMILES string of the molecule is O=C(c1ccc(Sc2ccc3c(c2)OCO3)cc1)C1CCNCC1. The topological polar surface area (TPSA) is 47.6 Å². The lowest BCUT2D eigenvalue weighted by atomic mass is 9.90. The number of nitrogens with one attached hydrogen (secondary N) is 1. The van der Waals surface area contributed by atoms with Crippen LogP contribution in [0.1, 0.15) is 23.2 Å². The van der Waals surface area contributed by atoms with Crippen LogP contribution < -0.4 is 14.8 Å². The Morgan fingerprint density at radius 1 is 0.958 bits per heavy atom.